The summed E-state index contributed by atoms with van der Waals surface area (Å²) in [4.78, 5) is 12.9. The van der Waals surface area contributed by atoms with Gasteiger partial charge in [-0.25, -0.2) is 0 Å². The number of aromatic nitrogens is 2. The fourth-order valence-corrected chi connectivity index (χ4v) is 0.987. The average molecular weight is 219 g/mol. The molecule has 0 aliphatic rings. The smallest absolute Gasteiger partial charge is 0.256 e. The van der Waals surface area contributed by atoms with Gasteiger partial charge in [-0.15, -0.1) is 12.4 Å². The zero-order chi connectivity index (χ0) is 9.84. The Balaban J connectivity index is 0.00000169. The van der Waals surface area contributed by atoms with Gasteiger partial charge in [-0.1, -0.05) is 0 Å². The van der Waals surface area contributed by atoms with E-state index in [-0.39, 0.29) is 18.3 Å². The normalized spacial score (nSPS) is 9.36. The second-order valence-corrected chi connectivity index (χ2v) is 2.98. The van der Waals surface area contributed by atoms with Crippen molar-refractivity contribution in [3.05, 3.63) is 18.0 Å². The first kappa shape index (κ1) is 12.9. The molecule has 14 heavy (non-hydrogen) atoms. The minimum atomic E-state index is -0.0386. The van der Waals surface area contributed by atoms with E-state index in [0.29, 0.717) is 18.7 Å². The van der Waals surface area contributed by atoms with Crippen molar-refractivity contribution in [3.63, 3.8) is 0 Å². The van der Waals surface area contributed by atoms with E-state index in [9.17, 15) is 4.79 Å². The Morgan fingerprint density at radius 3 is 2.79 bits per heavy atom. The first-order chi connectivity index (χ1) is 6.15. The highest BCUT2D eigenvalue weighted by Crippen LogP contribution is 2.00. The number of halogens is 1. The van der Waals surface area contributed by atoms with Crippen LogP contribution in [0.5, 0.6) is 0 Å². The van der Waals surface area contributed by atoms with Crippen LogP contribution in [-0.2, 0) is 6.54 Å². The second-order valence-electron chi connectivity index (χ2n) is 2.98. The summed E-state index contributed by atoms with van der Waals surface area (Å²) in [6, 6.07) is 0. The Hall–Kier alpha value is -1.07. The van der Waals surface area contributed by atoms with Crippen LogP contribution in [0.4, 0.5) is 0 Å². The monoisotopic (exact) mass is 218 g/mol. The van der Waals surface area contributed by atoms with Gasteiger partial charge < -0.3 is 10.6 Å². The molecular weight excluding hydrogens is 204 g/mol. The fraction of sp³-hybridized carbons (Fsp3) is 0.500. The van der Waals surface area contributed by atoms with Gasteiger partial charge in [0.15, 0.2) is 0 Å². The minimum absolute atomic E-state index is 0. The van der Waals surface area contributed by atoms with E-state index in [2.05, 4.69) is 5.10 Å². The third kappa shape index (κ3) is 3.01. The number of carbonyl (C=O) groups is 1. The van der Waals surface area contributed by atoms with Crippen molar-refractivity contribution in [1.29, 1.82) is 0 Å². The van der Waals surface area contributed by atoms with E-state index >= 15 is 0 Å². The van der Waals surface area contributed by atoms with Gasteiger partial charge in [0.1, 0.15) is 0 Å². The van der Waals surface area contributed by atoms with Gasteiger partial charge in [0.05, 0.1) is 18.3 Å². The lowest BCUT2D eigenvalue weighted by Crippen LogP contribution is -2.21. The predicted molar refractivity (Wildman–Crippen MR) is 56.5 cm³/mol. The van der Waals surface area contributed by atoms with Gasteiger partial charge in [0.2, 0.25) is 0 Å². The Bertz CT molecular complexity index is 297. The molecule has 0 saturated carbocycles. The topological polar surface area (TPSA) is 64.2 Å². The summed E-state index contributed by atoms with van der Waals surface area (Å²) >= 11 is 0. The van der Waals surface area contributed by atoms with Crippen LogP contribution in [0.25, 0.3) is 0 Å². The van der Waals surface area contributed by atoms with Crippen molar-refractivity contribution < 1.29 is 4.79 Å². The molecule has 1 heterocycles. The molecule has 0 aliphatic carbocycles. The molecular formula is C8H15ClN4O. The molecule has 0 spiro atoms. The molecule has 0 fully saturated rings. The quantitative estimate of drug-likeness (QED) is 0.775. The van der Waals surface area contributed by atoms with Crippen LogP contribution < -0.4 is 5.73 Å². The van der Waals surface area contributed by atoms with Gasteiger partial charge >= 0.3 is 0 Å². The van der Waals surface area contributed by atoms with Crippen LogP contribution in [0.2, 0.25) is 0 Å². The summed E-state index contributed by atoms with van der Waals surface area (Å²) in [5.74, 6) is -0.0386. The van der Waals surface area contributed by atoms with Crippen molar-refractivity contribution in [2.24, 2.45) is 5.73 Å². The average Bonchev–Trinajstić information content (AvgIpc) is 2.52. The number of nitrogens with zero attached hydrogens (tertiary/aromatic N) is 3. The van der Waals surface area contributed by atoms with E-state index in [4.69, 9.17) is 5.73 Å². The molecule has 0 aliphatic heterocycles. The van der Waals surface area contributed by atoms with E-state index in [1.54, 1.807) is 31.2 Å². The van der Waals surface area contributed by atoms with E-state index in [1.807, 2.05) is 0 Å². The summed E-state index contributed by atoms with van der Waals surface area (Å²) in [7, 11) is 3.42. The second kappa shape index (κ2) is 5.62. The highest BCUT2D eigenvalue weighted by atomic mass is 35.5. The summed E-state index contributed by atoms with van der Waals surface area (Å²) in [5.41, 5.74) is 5.95. The summed E-state index contributed by atoms with van der Waals surface area (Å²) < 4.78 is 1.66. The van der Waals surface area contributed by atoms with Crippen LogP contribution in [-0.4, -0.2) is 41.2 Å². The summed E-state index contributed by atoms with van der Waals surface area (Å²) in [6.45, 7) is 1.16. The maximum Gasteiger partial charge on any atom is 0.256 e. The molecule has 6 heteroatoms. The number of carbonyl (C=O) groups excluding carboxylic acids is 1. The Morgan fingerprint density at radius 1 is 1.64 bits per heavy atom. The van der Waals surface area contributed by atoms with Crippen molar-refractivity contribution in [2.75, 3.05) is 20.6 Å². The Kier molecular flexibility index (Phi) is 5.19. The summed E-state index contributed by atoms with van der Waals surface area (Å²) in [6.07, 6.45) is 3.26. The molecule has 0 radical (unpaired) electrons. The van der Waals surface area contributed by atoms with Gasteiger partial charge in [-0.05, 0) is 0 Å². The summed E-state index contributed by atoms with van der Waals surface area (Å²) in [5, 5.41) is 4.00. The lowest BCUT2D eigenvalue weighted by Gasteiger charge is -2.06. The molecule has 0 unspecified atom stereocenters. The molecule has 0 bridgehead atoms. The van der Waals surface area contributed by atoms with E-state index < -0.39 is 0 Å². The molecule has 1 amide bonds. The maximum atomic E-state index is 11.4. The van der Waals surface area contributed by atoms with Crippen molar-refractivity contribution in [3.8, 4) is 0 Å². The number of nitrogens with two attached hydrogens (primary N) is 1. The standard InChI is InChI=1S/C8H14N4O.ClH/c1-11(2)8(13)7-5-10-12(6-7)4-3-9;/h5-6H,3-4,9H2,1-2H3;1H. The molecule has 2 N–H and O–H groups in total. The first-order valence-electron chi connectivity index (χ1n) is 4.09. The minimum Gasteiger partial charge on any atom is -0.345 e. The molecule has 5 nitrogen and oxygen atoms in total. The van der Waals surface area contributed by atoms with Gasteiger partial charge in [-0.3, -0.25) is 9.48 Å². The molecule has 0 aromatic carbocycles. The third-order valence-electron chi connectivity index (χ3n) is 1.64. The van der Waals surface area contributed by atoms with Crippen LogP contribution in [0.1, 0.15) is 10.4 Å². The number of rotatable bonds is 3. The highest BCUT2D eigenvalue weighted by Gasteiger charge is 2.09. The zero-order valence-corrected chi connectivity index (χ0v) is 9.12. The van der Waals surface area contributed by atoms with Gasteiger partial charge in [-0.2, -0.15) is 5.10 Å². The molecule has 1 aromatic heterocycles. The maximum absolute atomic E-state index is 11.4. The van der Waals surface area contributed by atoms with Crippen LogP contribution in [0.3, 0.4) is 0 Å². The number of hydrogen-bond donors (Lipinski definition) is 1. The van der Waals surface area contributed by atoms with E-state index in [0.717, 1.165) is 0 Å². The first-order valence-corrected chi connectivity index (χ1v) is 4.09. The number of amides is 1. The van der Waals surface area contributed by atoms with Crippen LogP contribution in [0, 0.1) is 0 Å². The van der Waals surface area contributed by atoms with Crippen LogP contribution >= 0.6 is 12.4 Å². The molecule has 80 valence electrons. The largest absolute Gasteiger partial charge is 0.345 e. The molecule has 0 saturated heterocycles. The molecule has 1 rings (SSSR count). The number of hydrogen-bond acceptors (Lipinski definition) is 3. The fourth-order valence-electron chi connectivity index (χ4n) is 0.987. The lowest BCUT2D eigenvalue weighted by atomic mass is 10.3. The predicted octanol–water partition coefficient (Wildman–Crippen LogP) is -0.0346. The van der Waals surface area contributed by atoms with E-state index in [1.165, 1.54) is 4.90 Å². The van der Waals surface area contributed by atoms with Crippen LogP contribution in [0.15, 0.2) is 12.4 Å². The Labute approximate surface area is 89.3 Å². The zero-order valence-electron chi connectivity index (χ0n) is 8.30. The van der Waals surface area contributed by atoms with Crippen molar-refractivity contribution >= 4 is 18.3 Å². The third-order valence-corrected chi connectivity index (χ3v) is 1.64. The Morgan fingerprint density at radius 2 is 2.29 bits per heavy atom. The van der Waals surface area contributed by atoms with Gasteiger partial charge in [0, 0.05) is 26.8 Å². The van der Waals surface area contributed by atoms with Crippen molar-refractivity contribution in [1.82, 2.24) is 14.7 Å². The lowest BCUT2D eigenvalue weighted by molar-refractivity contribution is 0.0827. The van der Waals surface area contributed by atoms with Gasteiger partial charge in [0.25, 0.3) is 5.91 Å². The molecule has 0 atom stereocenters. The van der Waals surface area contributed by atoms with Crippen molar-refractivity contribution in [2.45, 2.75) is 6.54 Å². The highest BCUT2D eigenvalue weighted by molar-refractivity contribution is 5.93. The SMILES string of the molecule is CN(C)C(=O)c1cnn(CCN)c1.Cl. The molecule has 1 aromatic rings.